The van der Waals surface area contributed by atoms with E-state index < -0.39 is 17.8 Å². The quantitative estimate of drug-likeness (QED) is 0.684. The van der Waals surface area contributed by atoms with Gasteiger partial charge in [0, 0.05) is 6.54 Å². The van der Waals surface area contributed by atoms with Crippen LogP contribution in [0.5, 0.6) is 0 Å². The highest BCUT2D eigenvalue weighted by atomic mass is 19.1. The zero-order valence-corrected chi connectivity index (χ0v) is 10.4. The summed E-state index contributed by atoms with van der Waals surface area (Å²) >= 11 is 0. The zero-order chi connectivity index (χ0) is 14.3. The first-order chi connectivity index (χ1) is 9.04. The van der Waals surface area contributed by atoms with E-state index in [-0.39, 0.29) is 12.2 Å². The van der Waals surface area contributed by atoms with E-state index in [1.165, 1.54) is 11.0 Å². The summed E-state index contributed by atoms with van der Waals surface area (Å²) in [5.41, 5.74) is 10.6. The Balaban J connectivity index is 2.80. The van der Waals surface area contributed by atoms with Gasteiger partial charge in [-0.15, -0.1) is 0 Å². The monoisotopic (exact) mass is 268 g/mol. The van der Waals surface area contributed by atoms with Gasteiger partial charge in [-0.2, -0.15) is 0 Å². The van der Waals surface area contributed by atoms with Crippen molar-refractivity contribution < 1.29 is 14.0 Å². The molecule has 0 fully saturated rings. The fourth-order valence-corrected chi connectivity index (χ4v) is 1.63. The van der Waals surface area contributed by atoms with Crippen LogP contribution >= 0.6 is 0 Å². The van der Waals surface area contributed by atoms with Crippen LogP contribution in [-0.4, -0.2) is 31.6 Å². The van der Waals surface area contributed by atoms with Crippen LogP contribution in [0, 0.1) is 5.82 Å². The minimum atomic E-state index is -0.933. The Hall–Kier alpha value is -2.15. The van der Waals surface area contributed by atoms with Crippen LogP contribution in [0.1, 0.15) is 6.42 Å². The van der Waals surface area contributed by atoms with Gasteiger partial charge in [0.05, 0.1) is 12.2 Å². The average Bonchev–Trinajstić information content (AvgIpc) is 2.34. The maximum atomic E-state index is 13.7. The molecule has 19 heavy (non-hydrogen) atoms. The summed E-state index contributed by atoms with van der Waals surface area (Å²) in [4.78, 5) is 23.6. The number of urea groups is 1. The molecule has 0 heterocycles. The van der Waals surface area contributed by atoms with Gasteiger partial charge in [-0.1, -0.05) is 12.1 Å². The van der Waals surface area contributed by atoms with Crippen LogP contribution in [0.25, 0.3) is 0 Å². The van der Waals surface area contributed by atoms with E-state index in [0.717, 1.165) is 0 Å². The van der Waals surface area contributed by atoms with Crippen LogP contribution in [0.15, 0.2) is 24.3 Å². The third-order valence-electron chi connectivity index (χ3n) is 2.42. The summed E-state index contributed by atoms with van der Waals surface area (Å²) in [6.07, 6.45) is 0.595. The summed E-state index contributed by atoms with van der Waals surface area (Å²) < 4.78 is 13.7. The van der Waals surface area contributed by atoms with Gasteiger partial charge in [-0.05, 0) is 25.1 Å². The van der Waals surface area contributed by atoms with Gasteiger partial charge in [0.15, 0.2) is 0 Å². The van der Waals surface area contributed by atoms with Crippen molar-refractivity contribution >= 4 is 17.6 Å². The van der Waals surface area contributed by atoms with Crippen LogP contribution in [0.3, 0.4) is 0 Å². The second kappa shape index (κ2) is 7.32. The van der Waals surface area contributed by atoms with Gasteiger partial charge in [0.1, 0.15) is 5.82 Å². The molecule has 7 heteroatoms. The molecule has 3 amide bonds. The zero-order valence-electron chi connectivity index (χ0n) is 10.4. The molecule has 1 aromatic carbocycles. The Morgan fingerprint density at radius 1 is 1.32 bits per heavy atom. The molecule has 104 valence electrons. The van der Waals surface area contributed by atoms with Crippen LogP contribution in [0.4, 0.5) is 14.9 Å². The summed E-state index contributed by atoms with van der Waals surface area (Å²) in [5.74, 6) is -1.03. The standard InChI is InChI=1S/C12H17FN4O2/c13-9-4-1-2-5-10(9)17(7-3-6-14)8-11(18)16-12(15)19/h1-2,4-5H,3,6-8,14H2,(H3,15,16,18,19). The number of carbonyl (C=O) groups is 2. The number of hydrogen-bond acceptors (Lipinski definition) is 4. The third-order valence-corrected chi connectivity index (χ3v) is 2.42. The molecular formula is C12H17FN4O2. The molecule has 6 nitrogen and oxygen atoms in total. The Labute approximate surface area is 110 Å². The molecule has 0 unspecified atom stereocenters. The number of nitrogens with two attached hydrogens (primary N) is 2. The Morgan fingerprint density at radius 3 is 2.58 bits per heavy atom. The van der Waals surface area contributed by atoms with Crippen molar-refractivity contribution in [3.63, 3.8) is 0 Å². The highest BCUT2D eigenvalue weighted by molar-refractivity contribution is 5.95. The highest BCUT2D eigenvalue weighted by Crippen LogP contribution is 2.18. The number of halogens is 1. The summed E-state index contributed by atoms with van der Waals surface area (Å²) in [5, 5.41) is 1.94. The minimum absolute atomic E-state index is 0.163. The fraction of sp³-hybridized carbons (Fsp3) is 0.333. The molecular weight excluding hydrogens is 251 g/mol. The minimum Gasteiger partial charge on any atom is -0.360 e. The lowest BCUT2D eigenvalue weighted by Gasteiger charge is -2.24. The first kappa shape index (κ1) is 14.9. The lowest BCUT2D eigenvalue weighted by atomic mass is 10.2. The first-order valence-corrected chi connectivity index (χ1v) is 5.83. The summed E-state index contributed by atoms with van der Waals surface area (Å²) in [6, 6.07) is 5.15. The van der Waals surface area contributed by atoms with Crippen molar-refractivity contribution in [1.82, 2.24) is 5.32 Å². The molecule has 0 aromatic heterocycles. The number of carbonyl (C=O) groups excluding carboxylic acids is 2. The molecule has 0 aliphatic rings. The second-order valence-corrected chi connectivity index (χ2v) is 3.93. The number of imide groups is 1. The maximum absolute atomic E-state index is 13.7. The van der Waals surface area contributed by atoms with Crippen molar-refractivity contribution in [3.05, 3.63) is 30.1 Å². The molecule has 0 saturated carbocycles. The molecule has 1 aromatic rings. The van der Waals surface area contributed by atoms with Crippen LogP contribution < -0.4 is 21.7 Å². The van der Waals surface area contributed by atoms with Crippen molar-refractivity contribution in [2.75, 3.05) is 24.5 Å². The Bertz CT molecular complexity index is 453. The fourth-order valence-electron chi connectivity index (χ4n) is 1.63. The van der Waals surface area contributed by atoms with Crippen LogP contribution in [0.2, 0.25) is 0 Å². The number of nitrogens with one attached hydrogen (secondary N) is 1. The van der Waals surface area contributed by atoms with Crippen molar-refractivity contribution in [2.24, 2.45) is 11.5 Å². The number of amides is 3. The molecule has 0 aliphatic heterocycles. The van der Waals surface area contributed by atoms with E-state index in [9.17, 15) is 14.0 Å². The lowest BCUT2D eigenvalue weighted by molar-refractivity contribution is -0.118. The molecule has 0 saturated heterocycles. The van der Waals surface area contributed by atoms with E-state index >= 15 is 0 Å². The molecule has 1 rings (SSSR count). The van der Waals surface area contributed by atoms with Crippen molar-refractivity contribution in [3.8, 4) is 0 Å². The van der Waals surface area contributed by atoms with Gasteiger partial charge in [0.25, 0.3) is 0 Å². The van der Waals surface area contributed by atoms with E-state index in [1.807, 2.05) is 5.32 Å². The number of nitrogens with zero attached hydrogens (tertiary/aromatic N) is 1. The molecule has 0 bridgehead atoms. The molecule has 0 aliphatic carbocycles. The van der Waals surface area contributed by atoms with Gasteiger partial charge < -0.3 is 16.4 Å². The van der Waals surface area contributed by atoms with Gasteiger partial charge >= 0.3 is 6.03 Å². The number of para-hydroxylation sites is 1. The Kier molecular flexibility index (Phi) is 5.74. The van der Waals surface area contributed by atoms with E-state index in [1.54, 1.807) is 18.2 Å². The number of benzene rings is 1. The first-order valence-electron chi connectivity index (χ1n) is 5.83. The highest BCUT2D eigenvalue weighted by Gasteiger charge is 2.15. The predicted octanol–water partition coefficient (Wildman–Crippen LogP) is 0.176. The molecule has 0 atom stereocenters. The van der Waals surface area contributed by atoms with Crippen molar-refractivity contribution in [2.45, 2.75) is 6.42 Å². The molecule has 5 N–H and O–H groups in total. The van der Waals surface area contributed by atoms with Gasteiger partial charge in [-0.3, -0.25) is 10.1 Å². The summed E-state index contributed by atoms with van der Waals surface area (Å²) in [6.45, 7) is 0.663. The SMILES string of the molecule is NCCCN(CC(=O)NC(N)=O)c1ccccc1F. The lowest BCUT2D eigenvalue weighted by Crippen LogP contribution is -2.43. The molecule has 0 spiro atoms. The number of anilines is 1. The largest absolute Gasteiger partial charge is 0.360 e. The third kappa shape index (κ3) is 4.92. The number of hydrogen-bond donors (Lipinski definition) is 3. The number of primary amides is 1. The maximum Gasteiger partial charge on any atom is 0.318 e. The van der Waals surface area contributed by atoms with E-state index in [2.05, 4.69) is 0 Å². The second-order valence-electron chi connectivity index (χ2n) is 3.93. The molecule has 0 radical (unpaired) electrons. The smallest absolute Gasteiger partial charge is 0.318 e. The van der Waals surface area contributed by atoms with E-state index in [4.69, 9.17) is 11.5 Å². The normalized spacial score (nSPS) is 10.0. The van der Waals surface area contributed by atoms with Gasteiger partial charge in [-0.25, -0.2) is 9.18 Å². The van der Waals surface area contributed by atoms with Gasteiger partial charge in [0.2, 0.25) is 5.91 Å². The average molecular weight is 268 g/mol. The predicted molar refractivity (Wildman–Crippen MR) is 70.0 cm³/mol. The number of rotatable bonds is 6. The van der Waals surface area contributed by atoms with Crippen LogP contribution in [-0.2, 0) is 4.79 Å². The topological polar surface area (TPSA) is 101 Å². The van der Waals surface area contributed by atoms with E-state index in [0.29, 0.717) is 19.5 Å². The Morgan fingerprint density at radius 2 is 2.00 bits per heavy atom. The summed E-state index contributed by atoms with van der Waals surface area (Å²) in [7, 11) is 0. The van der Waals surface area contributed by atoms with Crippen molar-refractivity contribution in [1.29, 1.82) is 0 Å².